The smallest absolute Gasteiger partial charge is 0.0417 e. The van der Waals surface area contributed by atoms with E-state index in [2.05, 4.69) is 58.2 Å². The average Bonchev–Trinajstić information content (AvgIpc) is 2.39. The number of benzene rings is 1. The maximum Gasteiger partial charge on any atom is 0.0417 e. The molecule has 1 N–H and O–H groups in total. The van der Waals surface area contributed by atoms with Gasteiger partial charge in [0.15, 0.2) is 0 Å². The van der Waals surface area contributed by atoms with E-state index in [1.807, 2.05) is 7.05 Å². The number of nitrogens with one attached hydrogen (secondary N) is 1. The predicted octanol–water partition coefficient (Wildman–Crippen LogP) is 4.11. The van der Waals surface area contributed by atoms with Gasteiger partial charge in [0.05, 0.1) is 0 Å². The Kier molecular flexibility index (Phi) is 4.68. The van der Waals surface area contributed by atoms with Crippen LogP contribution in [0.15, 0.2) is 22.7 Å². The van der Waals surface area contributed by atoms with Crippen molar-refractivity contribution in [1.29, 1.82) is 0 Å². The number of piperidine rings is 1. The van der Waals surface area contributed by atoms with E-state index in [1.165, 1.54) is 37.1 Å². The molecule has 1 saturated heterocycles. The van der Waals surface area contributed by atoms with Crippen molar-refractivity contribution in [2.24, 2.45) is 0 Å². The molecule has 0 saturated carbocycles. The molecule has 3 heteroatoms. The van der Waals surface area contributed by atoms with Gasteiger partial charge in [0.1, 0.15) is 0 Å². The van der Waals surface area contributed by atoms with Gasteiger partial charge in [-0.3, -0.25) is 0 Å². The van der Waals surface area contributed by atoms with Crippen molar-refractivity contribution in [1.82, 2.24) is 5.32 Å². The van der Waals surface area contributed by atoms with Gasteiger partial charge in [0, 0.05) is 28.8 Å². The third-order valence-corrected chi connectivity index (χ3v) is 4.49. The van der Waals surface area contributed by atoms with Crippen molar-refractivity contribution in [3.63, 3.8) is 0 Å². The fraction of sp³-hybridized carbons (Fsp3) is 0.600. The molecule has 100 valence electrons. The third-order valence-electron chi connectivity index (χ3n) is 4.00. The average molecular weight is 311 g/mol. The summed E-state index contributed by atoms with van der Waals surface area (Å²) in [6, 6.07) is 7.70. The number of hydrogen-bond donors (Lipinski definition) is 1. The highest BCUT2D eigenvalue weighted by Gasteiger charge is 2.22. The summed E-state index contributed by atoms with van der Waals surface area (Å²) >= 11 is 3.59. The summed E-state index contributed by atoms with van der Waals surface area (Å²) in [5.74, 6) is 0. The second-order valence-corrected chi connectivity index (χ2v) is 6.17. The Morgan fingerprint density at radius 2 is 2.17 bits per heavy atom. The second-order valence-electron chi connectivity index (χ2n) is 5.25. The van der Waals surface area contributed by atoms with E-state index in [9.17, 15) is 0 Å². The highest BCUT2D eigenvalue weighted by molar-refractivity contribution is 9.10. The van der Waals surface area contributed by atoms with E-state index in [1.54, 1.807) is 0 Å². The molecule has 2 atom stereocenters. The molecule has 1 fully saturated rings. The van der Waals surface area contributed by atoms with Gasteiger partial charge in [0.2, 0.25) is 0 Å². The van der Waals surface area contributed by atoms with Crippen LogP contribution in [0, 0.1) is 0 Å². The number of rotatable bonds is 3. The molecule has 2 nitrogen and oxygen atoms in total. The van der Waals surface area contributed by atoms with Crippen LogP contribution in [0.3, 0.4) is 0 Å². The van der Waals surface area contributed by atoms with E-state index in [0.717, 1.165) is 4.47 Å². The van der Waals surface area contributed by atoms with Crippen LogP contribution in [0.5, 0.6) is 0 Å². The minimum Gasteiger partial charge on any atom is -0.369 e. The van der Waals surface area contributed by atoms with E-state index in [-0.39, 0.29) is 0 Å². The van der Waals surface area contributed by atoms with Crippen LogP contribution in [0.4, 0.5) is 5.69 Å². The van der Waals surface area contributed by atoms with Crippen molar-refractivity contribution in [3.8, 4) is 0 Å². The van der Waals surface area contributed by atoms with Crippen molar-refractivity contribution in [2.45, 2.75) is 45.2 Å². The van der Waals surface area contributed by atoms with E-state index >= 15 is 0 Å². The molecule has 2 rings (SSSR count). The van der Waals surface area contributed by atoms with Gasteiger partial charge in [-0.1, -0.05) is 15.9 Å². The van der Waals surface area contributed by atoms with Gasteiger partial charge in [-0.15, -0.1) is 0 Å². The molecular weight excluding hydrogens is 288 g/mol. The molecule has 0 radical (unpaired) electrons. The summed E-state index contributed by atoms with van der Waals surface area (Å²) in [5.41, 5.74) is 2.79. The number of halogens is 1. The molecule has 0 spiro atoms. The molecule has 1 aromatic carbocycles. The Bertz CT molecular complexity index is 405. The van der Waals surface area contributed by atoms with Crippen molar-refractivity contribution in [3.05, 3.63) is 28.2 Å². The maximum atomic E-state index is 3.59. The number of hydrogen-bond acceptors (Lipinski definition) is 2. The molecular formula is C15H23BrN2. The van der Waals surface area contributed by atoms with Gasteiger partial charge >= 0.3 is 0 Å². The van der Waals surface area contributed by atoms with Crippen LogP contribution >= 0.6 is 15.9 Å². The molecule has 0 amide bonds. The topological polar surface area (TPSA) is 15.3 Å². The third kappa shape index (κ3) is 2.89. The monoisotopic (exact) mass is 310 g/mol. The molecule has 1 aliphatic rings. The SMILES string of the molecule is CNC(C)c1cc(Br)ccc1N1CCCCC1C. The highest BCUT2D eigenvalue weighted by atomic mass is 79.9. The predicted molar refractivity (Wildman–Crippen MR) is 82.3 cm³/mol. The number of nitrogens with zero attached hydrogens (tertiary/aromatic N) is 1. The summed E-state index contributed by atoms with van der Waals surface area (Å²) in [7, 11) is 2.02. The van der Waals surface area contributed by atoms with Crippen LogP contribution < -0.4 is 10.2 Å². The minimum atomic E-state index is 0.381. The summed E-state index contributed by atoms with van der Waals surface area (Å²) in [5, 5.41) is 3.36. The molecule has 0 aromatic heterocycles. The zero-order valence-corrected chi connectivity index (χ0v) is 13.1. The summed E-state index contributed by atoms with van der Waals surface area (Å²) in [6.07, 6.45) is 3.99. The largest absolute Gasteiger partial charge is 0.369 e. The van der Waals surface area contributed by atoms with E-state index < -0.39 is 0 Å². The Labute approximate surface area is 119 Å². The molecule has 0 aliphatic carbocycles. The Hall–Kier alpha value is -0.540. The van der Waals surface area contributed by atoms with Gasteiger partial charge in [-0.2, -0.15) is 0 Å². The molecule has 1 aliphatic heterocycles. The normalized spacial score (nSPS) is 22.0. The highest BCUT2D eigenvalue weighted by Crippen LogP contribution is 2.33. The van der Waals surface area contributed by atoms with Crippen LogP contribution in [0.1, 0.15) is 44.7 Å². The summed E-state index contributed by atoms with van der Waals surface area (Å²) < 4.78 is 1.16. The second kappa shape index (κ2) is 6.07. The minimum absolute atomic E-state index is 0.381. The van der Waals surface area contributed by atoms with Crippen LogP contribution in [0.2, 0.25) is 0 Å². The quantitative estimate of drug-likeness (QED) is 0.904. The molecule has 2 unspecified atom stereocenters. The lowest BCUT2D eigenvalue weighted by Gasteiger charge is -2.37. The van der Waals surface area contributed by atoms with Gasteiger partial charge < -0.3 is 10.2 Å². The van der Waals surface area contributed by atoms with Gasteiger partial charge in [-0.25, -0.2) is 0 Å². The fourth-order valence-electron chi connectivity index (χ4n) is 2.75. The first kappa shape index (κ1) is 13.9. The first-order chi connectivity index (χ1) is 8.63. The Balaban J connectivity index is 2.36. The van der Waals surface area contributed by atoms with Crippen molar-refractivity contribution < 1.29 is 0 Å². The van der Waals surface area contributed by atoms with Crippen LogP contribution in [0.25, 0.3) is 0 Å². The van der Waals surface area contributed by atoms with Gasteiger partial charge in [-0.05, 0) is 63.9 Å². The standard InChI is InChI=1S/C15H23BrN2/c1-11-6-4-5-9-18(11)15-8-7-13(16)10-14(15)12(2)17-3/h7-8,10-12,17H,4-6,9H2,1-3H3. The maximum absolute atomic E-state index is 3.59. The number of anilines is 1. The fourth-order valence-corrected chi connectivity index (χ4v) is 3.12. The lowest BCUT2D eigenvalue weighted by Crippen LogP contribution is -2.38. The van der Waals surface area contributed by atoms with Crippen LogP contribution in [-0.2, 0) is 0 Å². The molecule has 0 bridgehead atoms. The lowest BCUT2D eigenvalue weighted by molar-refractivity contribution is 0.481. The van der Waals surface area contributed by atoms with Crippen LogP contribution in [-0.4, -0.2) is 19.6 Å². The summed E-state index contributed by atoms with van der Waals surface area (Å²) in [6.45, 7) is 5.75. The lowest BCUT2D eigenvalue weighted by atomic mass is 9.99. The Morgan fingerprint density at radius 1 is 1.39 bits per heavy atom. The molecule has 18 heavy (non-hydrogen) atoms. The zero-order chi connectivity index (χ0) is 13.1. The molecule has 1 heterocycles. The first-order valence-corrected chi connectivity index (χ1v) is 7.66. The van der Waals surface area contributed by atoms with E-state index in [4.69, 9.17) is 0 Å². The van der Waals surface area contributed by atoms with Crippen molar-refractivity contribution in [2.75, 3.05) is 18.5 Å². The molecule has 1 aromatic rings. The first-order valence-electron chi connectivity index (χ1n) is 6.87. The van der Waals surface area contributed by atoms with Gasteiger partial charge in [0.25, 0.3) is 0 Å². The summed E-state index contributed by atoms with van der Waals surface area (Å²) in [4.78, 5) is 2.57. The Morgan fingerprint density at radius 3 is 2.83 bits per heavy atom. The van der Waals surface area contributed by atoms with Crippen molar-refractivity contribution >= 4 is 21.6 Å². The van der Waals surface area contributed by atoms with E-state index in [0.29, 0.717) is 12.1 Å². The zero-order valence-electron chi connectivity index (χ0n) is 11.5.